The lowest BCUT2D eigenvalue weighted by Crippen LogP contribution is -2.13. The highest BCUT2D eigenvalue weighted by molar-refractivity contribution is 8.01. The normalized spacial score (nSPS) is 15.4. The molecule has 3 heterocycles. The molecule has 24 heavy (non-hydrogen) atoms. The van der Waals surface area contributed by atoms with E-state index < -0.39 is 12.0 Å². The summed E-state index contributed by atoms with van der Waals surface area (Å²) in [5, 5.41) is 20.7. The number of hydrogen-bond donors (Lipinski definition) is 0. The van der Waals surface area contributed by atoms with E-state index in [0.29, 0.717) is 20.8 Å². The number of alkyl halides is 3. The van der Waals surface area contributed by atoms with Crippen LogP contribution in [0.5, 0.6) is 0 Å². The third-order valence-corrected chi connectivity index (χ3v) is 6.05. The Balaban J connectivity index is 1.77. The summed E-state index contributed by atoms with van der Waals surface area (Å²) < 4.78 is 40.6. The maximum Gasteiger partial charge on any atom is 0.453 e. The summed E-state index contributed by atoms with van der Waals surface area (Å²) in [6, 6.07) is 0. The van der Waals surface area contributed by atoms with E-state index >= 15 is 0 Å². The summed E-state index contributed by atoms with van der Waals surface area (Å²) in [5.41, 5.74) is 1.49. The Morgan fingerprint density at radius 2 is 1.83 bits per heavy atom. The van der Waals surface area contributed by atoms with Gasteiger partial charge in [0.05, 0.1) is 0 Å². The van der Waals surface area contributed by atoms with Crippen molar-refractivity contribution < 1.29 is 13.2 Å². The summed E-state index contributed by atoms with van der Waals surface area (Å²) in [5.74, 6) is -0.636. The standard InChI is InChI=1S/C13H11F3N6S2/c1-5-6(2)9(23-12-20-18-10(24-12)7-3-4-7)21-22-8(5)17-19-11(22)13(14,15)16/h7H,3-4H2,1-2H3. The van der Waals surface area contributed by atoms with Gasteiger partial charge < -0.3 is 0 Å². The van der Waals surface area contributed by atoms with Crippen LogP contribution in [-0.4, -0.2) is 30.0 Å². The summed E-state index contributed by atoms with van der Waals surface area (Å²) in [7, 11) is 0. The minimum atomic E-state index is -4.61. The molecule has 126 valence electrons. The van der Waals surface area contributed by atoms with Gasteiger partial charge in [0.25, 0.3) is 5.82 Å². The van der Waals surface area contributed by atoms with Crippen molar-refractivity contribution in [1.29, 1.82) is 0 Å². The fourth-order valence-electron chi connectivity index (χ4n) is 2.22. The van der Waals surface area contributed by atoms with Crippen molar-refractivity contribution >= 4 is 28.7 Å². The van der Waals surface area contributed by atoms with Gasteiger partial charge in [-0.05, 0) is 44.0 Å². The van der Waals surface area contributed by atoms with Gasteiger partial charge in [0.15, 0.2) is 9.99 Å². The summed E-state index contributed by atoms with van der Waals surface area (Å²) in [6.45, 7) is 3.51. The van der Waals surface area contributed by atoms with Gasteiger partial charge in [0.2, 0.25) is 0 Å². The number of rotatable bonds is 3. The monoisotopic (exact) mass is 372 g/mol. The van der Waals surface area contributed by atoms with Crippen LogP contribution in [0.25, 0.3) is 5.65 Å². The highest BCUT2D eigenvalue weighted by Crippen LogP contribution is 2.43. The van der Waals surface area contributed by atoms with Gasteiger partial charge in [-0.1, -0.05) is 11.3 Å². The van der Waals surface area contributed by atoms with Crippen LogP contribution < -0.4 is 0 Å². The molecule has 0 N–H and O–H groups in total. The molecule has 3 aromatic heterocycles. The third-order valence-electron chi connectivity index (χ3n) is 3.84. The van der Waals surface area contributed by atoms with Gasteiger partial charge >= 0.3 is 6.18 Å². The van der Waals surface area contributed by atoms with Gasteiger partial charge in [-0.2, -0.15) is 22.8 Å². The number of nitrogens with zero attached hydrogens (tertiary/aromatic N) is 6. The van der Waals surface area contributed by atoms with E-state index in [-0.39, 0.29) is 5.65 Å². The number of hydrogen-bond acceptors (Lipinski definition) is 7. The quantitative estimate of drug-likeness (QED) is 0.699. The molecular weight excluding hydrogens is 361 g/mol. The Morgan fingerprint density at radius 1 is 1.08 bits per heavy atom. The topological polar surface area (TPSA) is 68.9 Å². The van der Waals surface area contributed by atoms with Gasteiger partial charge in [-0.3, -0.25) is 0 Å². The lowest BCUT2D eigenvalue weighted by molar-refractivity contribution is -0.146. The van der Waals surface area contributed by atoms with Crippen LogP contribution in [0.4, 0.5) is 13.2 Å². The van der Waals surface area contributed by atoms with Crippen molar-refractivity contribution in [2.75, 3.05) is 0 Å². The second-order valence-electron chi connectivity index (χ2n) is 5.59. The smallest absolute Gasteiger partial charge is 0.187 e. The maximum atomic E-state index is 13.1. The molecule has 11 heteroatoms. The molecule has 0 saturated heterocycles. The Kier molecular flexibility index (Phi) is 3.53. The van der Waals surface area contributed by atoms with Crippen LogP contribution >= 0.6 is 23.1 Å². The van der Waals surface area contributed by atoms with E-state index in [2.05, 4.69) is 25.5 Å². The zero-order valence-electron chi connectivity index (χ0n) is 12.6. The summed E-state index contributed by atoms with van der Waals surface area (Å²) in [4.78, 5) is 0. The second kappa shape index (κ2) is 5.38. The van der Waals surface area contributed by atoms with Crippen molar-refractivity contribution in [2.45, 2.75) is 48.1 Å². The maximum absolute atomic E-state index is 13.1. The average molecular weight is 372 g/mol. The Morgan fingerprint density at radius 3 is 2.50 bits per heavy atom. The molecule has 4 rings (SSSR count). The zero-order valence-corrected chi connectivity index (χ0v) is 14.3. The molecule has 0 amide bonds. The molecule has 0 aliphatic heterocycles. The average Bonchev–Trinajstić information content (AvgIpc) is 3.09. The lowest BCUT2D eigenvalue weighted by atomic mass is 10.2. The molecule has 3 aromatic rings. The van der Waals surface area contributed by atoms with E-state index in [9.17, 15) is 13.2 Å². The van der Waals surface area contributed by atoms with Crippen LogP contribution in [0.15, 0.2) is 9.37 Å². The Labute approximate surface area is 142 Å². The highest BCUT2D eigenvalue weighted by Gasteiger charge is 2.38. The van der Waals surface area contributed by atoms with Crippen molar-refractivity contribution in [3.8, 4) is 0 Å². The molecular formula is C13H11F3N6S2. The first kappa shape index (κ1) is 15.8. The second-order valence-corrected chi connectivity index (χ2v) is 7.84. The van der Waals surface area contributed by atoms with Gasteiger partial charge in [-0.25, -0.2) is 0 Å². The van der Waals surface area contributed by atoms with Gasteiger partial charge in [0, 0.05) is 11.5 Å². The molecule has 1 fully saturated rings. The van der Waals surface area contributed by atoms with E-state index in [0.717, 1.165) is 27.9 Å². The molecule has 1 aliphatic rings. The van der Waals surface area contributed by atoms with Crippen molar-refractivity contribution in [2.24, 2.45) is 0 Å². The van der Waals surface area contributed by atoms with E-state index in [4.69, 9.17) is 0 Å². The summed E-state index contributed by atoms with van der Waals surface area (Å²) in [6.07, 6.45) is -2.37. The molecule has 0 unspecified atom stereocenters. The minimum absolute atomic E-state index is 0.111. The van der Waals surface area contributed by atoms with E-state index in [1.165, 1.54) is 23.1 Å². The molecule has 0 bridgehead atoms. The Hall–Kier alpha value is -1.75. The van der Waals surface area contributed by atoms with E-state index in [1.807, 2.05) is 0 Å². The Bertz CT molecular complexity index is 928. The fourth-order valence-corrected chi connectivity index (χ4v) is 4.30. The number of aromatic nitrogens is 6. The molecule has 6 nitrogen and oxygen atoms in total. The van der Waals surface area contributed by atoms with Crippen molar-refractivity contribution in [1.82, 2.24) is 30.0 Å². The number of halogens is 3. The van der Waals surface area contributed by atoms with Crippen molar-refractivity contribution in [3.63, 3.8) is 0 Å². The lowest BCUT2D eigenvalue weighted by Gasteiger charge is -2.09. The first-order valence-electron chi connectivity index (χ1n) is 7.15. The van der Waals surface area contributed by atoms with E-state index in [1.54, 1.807) is 13.8 Å². The largest absolute Gasteiger partial charge is 0.453 e. The fraction of sp³-hybridized carbons (Fsp3) is 0.462. The predicted octanol–water partition coefficient (Wildman–Crippen LogP) is 3.64. The summed E-state index contributed by atoms with van der Waals surface area (Å²) >= 11 is 2.69. The zero-order chi connectivity index (χ0) is 17.1. The number of fused-ring (bicyclic) bond motifs is 1. The van der Waals surface area contributed by atoms with Crippen LogP contribution in [0.3, 0.4) is 0 Å². The molecule has 0 atom stereocenters. The first-order chi connectivity index (χ1) is 11.3. The van der Waals surface area contributed by atoms with Crippen molar-refractivity contribution in [3.05, 3.63) is 22.0 Å². The third kappa shape index (κ3) is 2.65. The predicted molar refractivity (Wildman–Crippen MR) is 81.3 cm³/mol. The van der Waals surface area contributed by atoms with Crippen LogP contribution in [-0.2, 0) is 6.18 Å². The molecule has 0 radical (unpaired) electrons. The molecule has 0 spiro atoms. The molecule has 0 aromatic carbocycles. The van der Waals surface area contributed by atoms with Gasteiger partial charge in [0.1, 0.15) is 10.0 Å². The number of aryl methyl sites for hydroxylation is 1. The van der Waals surface area contributed by atoms with Gasteiger partial charge in [-0.15, -0.1) is 20.4 Å². The molecule has 1 aliphatic carbocycles. The van der Waals surface area contributed by atoms with Crippen LogP contribution in [0, 0.1) is 13.8 Å². The van der Waals surface area contributed by atoms with Crippen LogP contribution in [0.1, 0.15) is 40.7 Å². The van der Waals surface area contributed by atoms with Crippen LogP contribution in [0.2, 0.25) is 0 Å². The highest BCUT2D eigenvalue weighted by atomic mass is 32.2. The first-order valence-corrected chi connectivity index (χ1v) is 8.79. The molecule has 1 saturated carbocycles. The minimum Gasteiger partial charge on any atom is -0.187 e. The SMILES string of the molecule is Cc1c(Sc2nnc(C3CC3)s2)nn2c(C(F)(F)F)nnc2c1C.